The summed E-state index contributed by atoms with van der Waals surface area (Å²) in [4.78, 5) is 4.12. The van der Waals surface area contributed by atoms with Crippen molar-refractivity contribution in [2.75, 3.05) is 14.1 Å². The molecular weight excluding hydrogens is 251 g/mol. The van der Waals surface area contributed by atoms with Crippen molar-refractivity contribution in [2.45, 2.75) is 26.5 Å². The van der Waals surface area contributed by atoms with Crippen molar-refractivity contribution in [3.8, 4) is 5.97 Å². The van der Waals surface area contributed by atoms with Gasteiger partial charge < -0.3 is 0 Å². The van der Waals surface area contributed by atoms with Gasteiger partial charge in [0.1, 0.15) is 5.82 Å². The fraction of sp³-hybridized carbons (Fsp3) is 0.600. The highest BCUT2D eigenvalue weighted by atomic mass is 32.2. The molecule has 0 aliphatic heterocycles. The molecule has 0 fully saturated rings. The number of nitriles is 1. The topological polar surface area (TPSA) is 79.0 Å². The smallest absolute Gasteiger partial charge is 0.240 e. The van der Waals surface area contributed by atoms with Crippen molar-refractivity contribution in [3.63, 3.8) is 0 Å². The Kier molecular flexibility index (Phi) is 4.54. The van der Waals surface area contributed by atoms with Crippen LogP contribution in [0.25, 0.3) is 0 Å². The van der Waals surface area contributed by atoms with Gasteiger partial charge in [-0.2, -0.15) is 12.7 Å². The number of aromatic nitrogens is 2. The lowest BCUT2D eigenvalue weighted by atomic mass is 9.51. The van der Waals surface area contributed by atoms with Crippen LogP contribution in [0.2, 0.25) is 6.82 Å². The predicted octanol–water partition coefficient (Wildman–Crippen LogP) is 0.369. The lowest BCUT2D eigenvalue weighted by Gasteiger charge is -2.16. The van der Waals surface area contributed by atoms with Gasteiger partial charge in [-0.05, 0) is 6.32 Å². The minimum atomic E-state index is -3.58. The van der Waals surface area contributed by atoms with Gasteiger partial charge in [-0.3, -0.25) is 0 Å². The molecular formula is C10H17BN4O2S. The molecule has 98 valence electrons. The molecule has 1 rings (SSSR count). The summed E-state index contributed by atoms with van der Waals surface area (Å²) >= 11 is 0. The van der Waals surface area contributed by atoms with Crippen molar-refractivity contribution in [1.82, 2.24) is 13.3 Å². The molecule has 0 aliphatic rings. The van der Waals surface area contributed by atoms with Crippen LogP contribution in [0.1, 0.15) is 18.4 Å². The van der Waals surface area contributed by atoms with Crippen LogP contribution < -0.4 is 0 Å². The zero-order valence-electron chi connectivity index (χ0n) is 11.1. The molecule has 1 aromatic rings. The second-order valence-electron chi connectivity index (χ2n) is 4.31. The van der Waals surface area contributed by atoms with Crippen LogP contribution >= 0.6 is 0 Å². The van der Waals surface area contributed by atoms with E-state index in [0.717, 1.165) is 4.31 Å². The largest absolute Gasteiger partial charge is 0.308 e. The highest BCUT2D eigenvalue weighted by Crippen LogP contribution is 2.14. The van der Waals surface area contributed by atoms with Gasteiger partial charge in [0.2, 0.25) is 0 Å². The maximum atomic E-state index is 12.2. The fourth-order valence-corrected chi connectivity index (χ4v) is 2.78. The van der Waals surface area contributed by atoms with Crippen LogP contribution in [0.3, 0.4) is 0 Å². The van der Waals surface area contributed by atoms with Crippen molar-refractivity contribution in [3.05, 3.63) is 17.7 Å². The number of aryl methyl sites for hydroxylation is 1. The zero-order valence-corrected chi connectivity index (χ0v) is 11.9. The maximum absolute atomic E-state index is 12.2. The van der Waals surface area contributed by atoms with E-state index in [2.05, 4.69) is 11.0 Å². The van der Waals surface area contributed by atoms with Gasteiger partial charge >= 0.3 is 10.2 Å². The highest BCUT2D eigenvalue weighted by Gasteiger charge is 2.24. The summed E-state index contributed by atoms with van der Waals surface area (Å²) in [5.41, 5.74) is 0.551. The van der Waals surface area contributed by atoms with Crippen LogP contribution in [0, 0.1) is 11.2 Å². The van der Waals surface area contributed by atoms with Crippen LogP contribution in [-0.2, 0) is 23.0 Å². The first-order chi connectivity index (χ1) is 8.34. The Hall–Kier alpha value is -1.33. The standard InChI is InChI=1S/C10H17BN4O2S/c1-5-10-13-7-9(6-11(2)8-12)15(10)18(16,17)14(3)4/h7H,5-6H2,1-4H3. The van der Waals surface area contributed by atoms with Gasteiger partial charge in [-0.25, -0.2) is 14.2 Å². The van der Waals surface area contributed by atoms with E-state index in [-0.39, 0.29) is 6.71 Å². The first kappa shape index (κ1) is 14.7. The molecule has 0 amide bonds. The highest BCUT2D eigenvalue weighted by molar-refractivity contribution is 7.87. The number of imidazole rings is 1. The number of hydrogen-bond acceptors (Lipinski definition) is 4. The quantitative estimate of drug-likeness (QED) is 0.723. The van der Waals surface area contributed by atoms with Crippen LogP contribution in [0.5, 0.6) is 0 Å². The Labute approximate surface area is 108 Å². The van der Waals surface area contributed by atoms with Crippen molar-refractivity contribution in [2.24, 2.45) is 0 Å². The second-order valence-corrected chi connectivity index (χ2v) is 6.30. The summed E-state index contributed by atoms with van der Waals surface area (Å²) in [6.07, 6.45) is 2.43. The van der Waals surface area contributed by atoms with E-state index >= 15 is 0 Å². The van der Waals surface area contributed by atoms with Gasteiger partial charge in [-0.1, -0.05) is 13.7 Å². The molecule has 0 spiro atoms. The molecule has 8 heteroatoms. The summed E-state index contributed by atoms with van der Waals surface area (Å²) in [5, 5.41) is 8.82. The number of hydrogen-bond donors (Lipinski definition) is 0. The minimum Gasteiger partial charge on any atom is -0.240 e. The SMILES string of the molecule is CCc1ncc(CB(C)C#N)n1S(=O)(=O)N(C)C. The monoisotopic (exact) mass is 268 g/mol. The summed E-state index contributed by atoms with van der Waals surface area (Å²) in [5.74, 6) is 2.59. The van der Waals surface area contributed by atoms with Gasteiger partial charge in [0.25, 0.3) is 6.71 Å². The van der Waals surface area contributed by atoms with Gasteiger partial charge in [0.15, 0.2) is 0 Å². The van der Waals surface area contributed by atoms with Crippen LogP contribution in [-0.4, -0.2) is 42.5 Å². The van der Waals surface area contributed by atoms with E-state index in [4.69, 9.17) is 5.26 Å². The van der Waals surface area contributed by atoms with E-state index in [0.29, 0.717) is 24.3 Å². The Balaban J connectivity index is 3.32. The average molecular weight is 268 g/mol. The predicted molar refractivity (Wildman–Crippen MR) is 70.5 cm³/mol. The third kappa shape index (κ3) is 2.74. The number of rotatable bonds is 5. The van der Waals surface area contributed by atoms with Crippen LogP contribution in [0.15, 0.2) is 6.20 Å². The van der Waals surface area contributed by atoms with Gasteiger partial charge in [0.05, 0.1) is 0 Å². The molecule has 0 N–H and O–H groups in total. The van der Waals surface area contributed by atoms with E-state index in [1.165, 1.54) is 24.3 Å². The van der Waals surface area contributed by atoms with Gasteiger partial charge in [0, 0.05) is 38.4 Å². The molecule has 6 nitrogen and oxygen atoms in total. The molecule has 0 saturated heterocycles. The third-order valence-electron chi connectivity index (χ3n) is 2.60. The summed E-state index contributed by atoms with van der Waals surface area (Å²) in [7, 11) is -0.626. The van der Waals surface area contributed by atoms with Gasteiger partial charge in [-0.15, -0.1) is 0 Å². The molecule has 0 saturated carbocycles. The van der Waals surface area contributed by atoms with E-state index < -0.39 is 10.2 Å². The average Bonchev–Trinajstić information content (AvgIpc) is 2.71. The first-order valence-corrected chi connectivity index (χ1v) is 7.12. The molecule has 0 radical (unpaired) electrons. The molecule has 0 aromatic carbocycles. The molecule has 0 aliphatic carbocycles. The molecule has 0 atom stereocenters. The van der Waals surface area contributed by atoms with Crippen molar-refractivity contribution in [1.29, 1.82) is 5.26 Å². The van der Waals surface area contributed by atoms with Crippen molar-refractivity contribution < 1.29 is 8.42 Å². The summed E-state index contributed by atoms with van der Waals surface area (Å²) in [6, 6.07) is 0. The Morgan fingerprint density at radius 1 is 1.56 bits per heavy atom. The first-order valence-electron chi connectivity index (χ1n) is 5.72. The molecule has 1 heterocycles. The normalized spacial score (nSPS) is 11.6. The second kappa shape index (κ2) is 5.54. The van der Waals surface area contributed by atoms with E-state index in [1.54, 1.807) is 6.82 Å². The minimum absolute atomic E-state index is 0.248. The Morgan fingerprint density at radius 2 is 2.17 bits per heavy atom. The molecule has 18 heavy (non-hydrogen) atoms. The van der Waals surface area contributed by atoms with E-state index in [9.17, 15) is 8.42 Å². The summed E-state index contributed by atoms with van der Waals surface area (Å²) < 4.78 is 26.8. The van der Waals surface area contributed by atoms with Crippen LogP contribution in [0.4, 0.5) is 0 Å². The lowest BCUT2D eigenvalue weighted by Crippen LogP contribution is -2.32. The Bertz CT molecular complexity index is 559. The maximum Gasteiger partial charge on any atom is 0.308 e. The lowest BCUT2D eigenvalue weighted by molar-refractivity contribution is 0.507. The van der Waals surface area contributed by atoms with Crippen molar-refractivity contribution >= 4 is 16.9 Å². The third-order valence-corrected chi connectivity index (χ3v) is 4.43. The molecule has 0 unspecified atom stereocenters. The Morgan fingerprint density at radius 3 is 2.61 bits per heavy atom. The number of nitrogens with zero attached hydrogens (tertiary/aromatic N) is 4. The zero-order chi connectivity index (χ0) is 13.9. The summed E-state index contributed by atoms with van der Waals surface area (Å²) in [6.45, 7) is 3.36. The molecule has 0 bridgehead atoms. The van der Waals surface area contributed by atoms with E-state index in [1.807, 2.05) is 6.92 Å². The fourth-order valence-electron chi connectivity index (χ4n) is 1.59. The molecule has 1 aromatic heterocycles.